The van der Waals surface area contributed by atoms with Crippen LogP contribution in [-0.2, 0) is 14.8 Å². The number of hydrogen-bond acceptors (Lipinski definition) is 7. The summed E-state index contributed by atoms with van der Waals surface area (Å²) in [5.41, 5.74) is 0.542. The Labute approximate surface area is 175 Å². The molecule has 3 aromatic rings. The van der Waals surface area contributed by atoms with E-state index >= 15 is 0 Å². The van der Waals surface area contributed by atoms with Gasteiger partial charge in [-0.25, -0.2) is 13.4 Å². The average Bonchev–Trinajstić information content (AvgIpc) is 3.34. The van der Waals surface area contributed by atoms with Crippen molar-refractivity contribution in [3.63, 3.8) is 0 Å². The van der Waals surface area contributed by atoms with Gasteiger partial charge in [-0.1, -0.05) is 6.07 Å². The normalized spacial score (nSPS) is 11.3. The first-order chi connectivity index (χ1) is 13.4. The van der Waals surface area contributed by atoms with E-state index in [1.807, 2.05) is 17.5 Å². The van der Waals surface area contributed by atoms with Gasteiger partial charge in [0.15, 0.2) is 10.2 Å². The molecule has 0 saturated carbocycles. The van der Waals surface area contributed by atoms with E-state index in [1.54, 1.807) is 23.6 Å². The quantitative estimate of drug-likeness (QED) is 0.392. The molecule has 1 aromatic carbocycles. The van der Waals surface area contributed by atoms with E-state index < -0.39 is 10.0 Å². The van der Waals surface area contributed by atoms with Crippen molar-refractivity contribution in [1.29, 1.82) is 0 Å². The molecule has 7 nitrogen and oxygen atoms in total. The fraction of sp³-hybridized carbons (Fsp3) is 0. The van der Waals surface area contributed by atoms with E-state index in [0.717, 1.165) is 4.88 Å². The van der Waals surface area contributed by atoms with Crippen LogP contribution >= 0.6 is 34.9 Å². The number of amides is 1. The first kappa shape index (κ1) is 20.1. The van der Waals surface area contributed by atoms with E-state index in [4.69, 9.17) is 12.2 Å². The third-order valence-corrected chi connectivity index (χ3v) is 6.47. The third kappa shape index (κ3) is 5.70. The van der Waals surface area contributed by atoms with Crippen molar-refractivity contribution in [1.82, 2.24) is 10.3 Å². The number of nitrogens with one attached hydrogen (secondary N) is 3. The van der Waals surface area contributed by atoms with Gasteiger partial charge in [0.1, 0.15) is 0 Å². The van der Waals surface area contributed by atoms with E-state index in [-0.39, 0.29) is 15.9 Å². The molecule has 0 aliphatic carbocycles. The van der Waals surface area contributed by atoms with Gasteiger partial charge in [0, 0.05) is 28.2 Å². The van der Waals surface area contributed by atoms with Crippen molar-refractivity contribution in [2.75, 3.05) is 10.0 Å². The molecule has 11 heteroatoms. The minimum atomic E-state index is -3.72. The van der Waals surface area contributed by atoms with E-state index in [2.05, 4.69) is 20.3 Å². The molecular weight excluding hydrogens is 436 g/mol. The number of nitrogens with zero attached hydrogens (tertiary/aromatic N) is 1. The van der Waals surface area contributed by atoms with Crippen LogP contribution in [0.3, 0.4) is 0 Å². The van der Waals surface area contributed by atoms with Gasteiger partial charge in [0.05, 0.1) is 4.90 Å². The minimum absolute atomic E-state index is 0.0853. The van der Waals surface area contributed by atoms with E-state index in [9.17, 15) is 13.2 Å². The molecule has 0 aliphatic heterocycles. The van der Waals surface area contributed by atoms with Crippen molar-refractivity contribution >= 4 is 72.8 Å². The molecule has 0 unspecified atom stereocenters. The predicted octanol–water partition coefficient (Wildman–Crippen LogP) is 3.53. The van der Waals surface area contributed by atoms with Gasteiger partial charge >= 0.3 is 0 Å². The lowest BCUT2D eigenvalue weighted by Crippen LogP contribution is -2.32. The zero-order chi connectivity index (χ0) is 20.0. The van der Waals surface area contributed by atoms with E-state index in [1.165, 1.54) is 47.1 Å². The summed E-state index contributed by atoms with van der Waals surface area (Å²) in [6, 6.07) is 9.75. The fourth-order valence-corrected chi connectivity index (χ4v) is 4.65. The first-order valence-corrected chi connectivity index (χ1v) is 11.4. The van der Waals surface area contributed by atoms with Crippen LogP contribution in [0.15, 0.2) is 64.3 Å². The zero-order valence-corrected chi connectivity index (χ0v) is 17.4. The number of carbonyl (C=O) groups excluding carboxylic acids is 1. The number of thiophene rings is 1. The molecule has 3 N–H and O–H groups in total. The molecule has 0 spiro atoms. The van der Waals surface area contributed by atoms with Crippen molar-refractivity contribution in [3.8, 4) is 0 Å². The SMILES string of the molecule is O=C(/C=C\c1cccs1)NC(=S)Nc1ccc(S(=O)(=O)Nc2nccs2)cc1. The molecule has 0 atom stereocenters. The smallest absolute Gasteiger partial charge is 0.263 e. The summed E-state index contributed by atoms with van der Waals surface area (Å²) in [6.45, 7) is 0. The molecule has 0 bridgehead atoms. The molecule has 0 radical (unpaired) electrons. The number of benzene rings is 1. The predicted molar refractivity (Wildman–Crippen MR) is 117 cm³/mol. The van der Waals surface area contributed by atoms with Crippen LogP contribution in [0.2, 0.25) is 0 Å². The molecule has 0 fully saturated rings. The lowest BCUT2D eigenvalue weighted by atomic mass is 10.3. The average molecular weight is 451 g/mol. The topological polar surface area (TPSA) is 100 Å². The Morgan fingerprint density at radius 2 is 1.89 bits per heavy atom. The Morgan fingerprint density at radius 1 is 1.11 bits per heavy atom. The minimum Gasteiger partial charge on any atom is -0.332 e. The summed E-state index contributed by atoms with van der Waals surface area (Å²) in [5, 5.41) is 9.36. The number of carbonyl (C=O) groups is 1. The highest BCUT2D eigenvalue weighted by Gasteiger charge is 2.15. The third-order valence-electron chi connectivity index (χ3n) is 3.26. The first-order valence-electron chi connectivity index (χ1n) is 7.78. The lowest BCUT2D eigenvalue weighted by molar-refractivity contribution is -0.115. The van der Waals surface area contributed by atoms with Crippen LogP contribution in [0.1, 0.15) is 4.88 Å². The van der Waals surface area contributed by atoms with Gasteiger partial charge < -0.3 is 5.32 Å². The maximum atomic E-state index is 12.3. The van der Waals surface area contributed by atoms with Gasteiger partial charge in [-0.15, -0.1) is 22.7 Å². The Kier molecular flexibility index (Phi) is 6.52. The van der Waals surface area contributed by atoms with Gasteiger partial charge in [0.25, 0.3) is 10.0 Å². The standard InChI is InChI=1S/C17H14N4O3S4/c22-15(8-5-13-2-1-10-26-13)20-16(25)19-12-3-6-14(7-4-12)28(23,24)21-17-18-9-11-27-17/h1-11H,(H,18,21)(H2,19,20,22,25)/b8-5-. The Hall–Kier alpha value is -2.60. The highest BCUT2D eigenvalue weighted by Crippen LogP contribution is 2.19. The van der Waals surface area contributed by atoms with Crippen molar-refractivity contribution in [3.05, 3.63) is 64.3 Å². The Bertz CT molecular complexity index is 1070. The Morgan fingerprint density at radius 3 is 2.54 bits per heavy atom. The summed E-state index contributed by atoms with van der Waals surface area (Å²) in [5.74, 6) is -0.363. The van der Waals surface area contributed by atoms with Gasteiger partial charge in [-0.3, -0.25) is 14.8 Å². The van der Waals surface area contributed by atoms with E-state index in [0.29, 0.717) is 10.8 Å². The number of thiazole rings is 1. The molecule has 2 heterocycles. The van der Waals surface area contributed by atoms with Crippen molar-refractivity contribution in [2.24, 2.45) is 0 Å². The van der Waals surface area contributed by atoms with Crippen LogP contribution in [-0.4, -0.2) is 24.4 Å². The molecule has 1 amide bonds. The van der Waals surface area contributed by atoms with Crippen LogP contribution in [0.5, 0.6) is 0 Å². The second kappa shape index (κ2) is 9.06. The largest absolute Gasteiger partial charge is 0.332 e. The summed E-state index contributed by atoms with van der Waals surface area (Å²) >= 11 is 7.80. The molecule has 2 aromatic heterocycles. The maximum Gasteiger partial charge on any atom is 0.263 e. The number of hydrogen-bond donors (Lipinski definition) is 3. The highest BCUT2D eigenvalue weighted by molar-refractivity contribution is 7.93. The number of sulfonamides is 1. The van der Waals surface area contributed by atoms with Crippen LogP contribution in [0.25, 0.3) is 6.08 Å². The van der Waals surface area contributed by atoms with Gasteiger partial charge in [0.2, 0.25) is 5.91 Å². The van der Waals surface area contributed by atoms with Gasteiger partial charge in [-0.05, 0) is 54.0 Å². The summed E-state index contributed by atoms with van der Waals surface area (Å²) in [4.78, 5) is 16.8. The second-order valence-electron chi connectivity index (χ2n) is 5.26. The molecule has 0 aliphatic rings. The summed E-state index contributed by atoms with van der Waals surface area (Å²) in [7, 11) is -3.72. The maximum absolute atomic E-state index is 12.3. The summed E-state index contributed by atoms with van der Waals surface area (Å²) in [6.07, 6.45) is 4.60. The van der Waals surface area contributed by atoms with Crippen molar-refractivity contribution in [2.45, 2.75) is 4.90 Å². The Balaban J connectivity index is 1.56. The molecule has 144 valence electrons. The zero-order valence-electron chi connectivity index (χ0n) is 14.2. The van der Waals surface area contributed by atoms with Crippen LogP contribution < -0.4 is 15.4 Å². The number of rotatable bonds is 6. The lowest BCUT2D eigenvalue weighted by Gasteiger charge is -2.09. The monoisotopic (exact) mass is 450 g/mol. The van der Waals surface area contributed by atoms with Gasteiger partial charge in [-0.2, -0.15) is 0 Å². The molecule has 28 heavy (non-hydrogen) atoms. The molecule has 0 saturated heterocycles. The van der Waals surface area contributed by atoms with Crippen molar-refractivity contribution < 1.29 is 13.2 Å². The number of thiocarbonyl (C=S) groups is 1. The number of aromatic nitrogens is 1. The highest BCUT2D eigenvalue weighted by atomic mass is 32.2. The molecule has 3 rings (SSSR count). The fourth-order valence-electron chi connectivity index (χ4n) is 2.02. The second-order valence-corrected chi connectivity index (χ2v) is 9.22. The summed E-state index contributed by atoms with van der Waals surface area (Å²) < 4.78 is 27.0. The van der Waals surface area contributed by atoms with Crippen LogP contribution in [0, 0.1) is 0 Å². The van der Waals surface area contributed by atoms with Crippen LogP contribution in [0.4, 0.5) is 10.8 Å². The number of anilines is 2. The molecular formula is C17H14N4O3S4.